The maximum atomic E-state index is 4.59. The number of azo groups is 1. The van der Waals surface area contributed by atoms with E-state index in [9.17, 15) is 0 Å². The van der Waals surface area contributed by atoms with E-state index in [1.54, 1.807) is 6.20 Å². The lowest BCUT2D eigenvalue weighted by Gasteiger charge is -2.13. The van der Waals surface area contributed by atoms with Gasteiger partial charge in [0, 0.05) is 23.5 Å². The van der Waals surface area contributed by atoms with Gasteiger partial charge in [-0.3, -0.25) is 0 Å². The van der Waals surface area contributed by atoms with Crippen molar-refractivity contribution in [3.63, 3.8) is 0 Å². The maximum Gasteiger partial charge on any atom is 0.249 e. The van der Waals surface area contributed by atoms with Gasteiger partial charge in [0.15, 0.2) is 0 Å². The van der Waals surface area contributed by atoms with Crippen LogP contribution in [0.3, 0.4) is 0 Å². The minimum atomic E-state index is 0.572. The molecule has 5 nitrogen and oxygen atoms in total. The predicted molar refractivity (Wildman–Crippen MR) is 130 cm³/mol. The van der Waals surface area contributed by atoms with Crippen LogP contribution in [-0.4, -0.2) is 9.55 Å². The van der Waals surface area contributed by atoms with E-state index in [0.29, 0.717) is 12.5 Å². The Morgan fingerprint density at radius 3 is 2.44 bits per heavy atom. The zero-order valence-corrected chi connectivity index (χ0v) is 17.8. The molecule has 156 valence electrons. The number of imidazole rings is 1. The number of nitrogens with zero attached hydrogens (tertiary/aromatic N) is 4. The molecule has 1 heterocycles. The highest BCUT2D eigenvalue weighted by atomic mass is 15.3. The minimum Gasteiger partial charge on any atom is -0.353 e. The molecule has 5 aromatic rings. The van der Waals surface area contributed by atoms with Crippen LogP contribution in [0.1, 0.15) is 11.1 Å². The lowest BCUT2D eigenvalue weighted by Crippen LogP contribution is -1.97. The van der Waals surface area contributed by atoms with Gasteiger partial charge in [-0.25, -0.2) is 4.98 Å². The molecular formula is C27H23N5. The van der Waals surface area contributed by atoms with Gasteiger partial charge in [0.2, 0.25) is 5.95 Å². The van der Waals surface area contributed by atoms with E-state index in [2.05, 4.69) is 82.1 Å². The number of hydrogen-bond donors (Lipinski definition) is 1. The van der Waals surface area contributed by atoms with Gasteiger partial charge in [-0.15, -0.1) is 10.2 Å². The average molecular weight is 418 g/mol. The van der Waals surface area contributed by atoms with Crippen LogP contribution in [0.5, 0.6) is 0 Å². The maximum absolute atomic E-state index is 4.59. The molecule has 1 aromatic heterocycles. The van der Waals surface area contributed by atoms with E-state index in [1.807, 2.05) is 47.2 Å². The standard InChI is InChI=1S/C27H23N5/c1-20-11-14-23(15-12-20)29-26-24-10-6-5-9-22(24)13-16-25(26)30-31-27-28-17-18-32(27)19-21-7-3-2-4-8-21/h2-18,29H,19H2,1H3. The molecule has 0 saturated carbocycles. The van der Waals surface area contributed by atoms with Crippen LogP contribution in [-0.2, 0) is 6.54 Å². The van der Waals surface area contributed by atoms with Crippen LogP contribution >= 0.6 is 0 Å². The number of anilines is 2. The SMILES string of the molecule is Cc1ccc(Nc2c(N=Nc3nccn3Cc3ccccc3)ccc3ccccc23)cc1. The average Bonchev–Trinajstić information content (AvgIpc) is 3.27. The van der Waals surface area contributed by atoms with Gasteiger partial charge in [-0.2, -0.15) is 0 Å². The van der Waals surface area contributed by atoms with Crippen LogP contribution in [0, 0.1) is 6.92 Å². The summed E-state index contributed by atoms with van der Waals surface area (Å²) in [6.45, 7) is 2.78. The first-order chi connectivity index (χ1) is 15.8. The zero-order valence-electron chi connectivity index (χ0n) is 17.8. The number of nitrogens with one attached hydrogen (secondary N) is 1. The van der Waals surface area contributed by atoms with Crippen LogP contribution in [0.15, 0.2) is 114 Å². The molecule has 32 heavy (non-hydrogen) atoms. The minimum absolute atomic E-state index is 0.572. The first kappa shape index (κ1) is 19.7. The summed E-state index contributed by atoms with van der Waals surface area (Å²) in [7, 11) is 0. The van der Waals surface area contributed by atoms with Crippen LogP contribution in [0.2, 0.25) is 0 Å². The van der Waals surface area contributed by atoms with E-state index in [4.69, 9.17) is 0 Å². The fraction of sp³-hybridized carbons (Fsp3) is 0.0741. The highest BCUT2D eigenvalue weighted by molar-refractivity contribution is 6.00. The van der Waals surface area contributed by atoms with E-state index >= 15 is 0 Å². The summed E-state index contributed by atoms with van der Waals surface area (Å²) >= 11 is 0. The fourth-order valence-electron chi connectivity index (χ4n) is 3.66. The Morgan fingerprint density at radius 1 is 0.812 bits per heavy atom. The smallest absolute Gasteiger partial charge is 0.249 e. The van der Waals surface area contributed by atoms with Crippen molar-refractivity contribution in [2.75, 3.05) is 5.32 Å². The van der Waals surface area contributed by atoms with E-state index in [-0.39, 0.29) is 0 Å². The molecule has 0 saturated heterocycles. The molecular weight excluding hydrogens is 394 g/mol. The first-order valence-electron chi connectivity index (χ1n) is 10.6. The Balaban J connectivity index is 1.50. The van der Waals surface area contributed by atoms with Crippen molar-refractivity contribution in [2.24, 2.45) is 10.2 Å². The number of hydrogen-bond acceptors (Lipinski definition) is 4. The Bertz CT molecular complexity index is 1370. The summed E-state index contributed by atoms with van der Waals surface area (Å²) in [4.78, 5) is 4.40. The predicted octanol–water partition coefficient (Wildman–Crippen LogP) is 7.55. The summed E-state index contributed by atoms with van der Waals surface area (Å²) in [6, 6.07) is 30.9. The van der Waals surface area contributed by atoms with Crippen molar-refractivity contribution in [1.29, 1.82) is 0 Å². The molecule has 0 aliphatic carbocycles. The molecule has 0 spiro atoms. The van der Waals surface area contributed by atoms with Crippen molar-refractivity contribution in [3.05, 3.63) is 115 Å². The largest absolute Gasteiger partial charge is 0.353 e. The van der Waals surface area contributed by atoms with E-state index in [0.717, 1.165) is 27.8 Å². The Kier molecular flexibility index (Phi) is 5.45. The third-order valence-electron chi connectivity index (χ3n) is 5.36. The lowest BCUT2D eigenvalue weighted by molar-refractivity contribution is 0.791. The highest BCUT2D eigenvalue weighted by Gasteiger charge is 2.09. The van der Waals surface area contributed by atoms with Gasteiger partial charge in [0.25, 0.3) is 0 Å². The topological polar surface area (TPSA) is 54.6 Å². The third kappa shape index (κ3) is 4.27. The summed E-state index contributed by atoms with van der Waals surface area (Å²) in [5, 5.41) is 14.9. The number of benzene rings is 4. The van der Waals surface area contributed by atoms with Crippen molar-refractivity contribution >= 4 is 33.8 Å². The van der Waals surface area contributed by atoms with Gasteiger partial charge in [0.05, 0.1) is 12.2 Å². The molecule has 0 bridgehead atoms. The summed E-state index contributed by atoms with van der Waals surface area (Å²) in [6.07, 6.45) is 3.68. The fourth-order valence-corrected chi connectivity index (χ4v) is 3.66. The Morgan fingerprint density at radius 2 is 1.59 bits per heavy atom. The van der Waals surface area contributed by atoms with Gasteiger partial charge < -0.3 is 9.88 Å². The number of aryl methyl sites for hydroxylation is 1. The Labute approximate surface area is 187 Å². The van der Waals surface area contributed by atoms with E-state index < -0.39 is 0 Å². The number of aromatic nitrogens is 2. The van der Waals surface area contributed by atoms with Gasteiger partial charge >= 0.3 is 0 Å². The molecule has 5 heteroatoms. The molecule has 0 unspecified atom stereocenters. The molecule has 0 fully saturated rings. The molecule has 5 rings (SSSR count). The quantitative estimate of drug-likeness (QED) is 0.290. The van der Waals surface area contributed by atoms with Crippen molar-refractivity contribution < 1.29 is 0 Å². The second-order valence-electron chi connectivity index (χ2n) is 7.71. The van der Waals surface area contributed by atoms with Crippen LogP contribution < -0.4 is 5.32 Å². The van der Waals surface area contributed by atoms with Gasteiger partial charge in [-0.05, 0) is 36.1 Å². The van der Waals surface area contributed by atoms with Crippen molar-refractivity contribution in [3.8, 4) is 0 Å². The van der Waals surface area contributed by atoms with Crippen molar-refractivity contribution in [1.82, 2.24) is 9.55 Å². The summed E-state index contributed by atoms with van der Waals surface area (Å²) in [5.41, 5.74) is 5.11. The molecule has 4 aromatic carbocycles. The summed E-state index contributed by atoms with van der Waals surface area (Å²) < 4.78 is 1.99. The van der Waals surface area contributed by atoms with Crippen molar-refractivity contribution in [2.45, 2.75) is 13.5 Å². The monoisotopic (exact) mass is 417 g/mol. The zero-order chi connectivity index (χ0) is 21.8. The second kappa shape index (κ2) is 8.86. The van der Waals surface area contributed by atoms with Gasteiger partial charge in [-0.1, -0.05) is 78.4 Å². The van der Waals surface area contributed by atoms with Gasteiger partial charge in [0.1, 0.15) is 5.69 Å². The second-order valence-corrected chi connectivity index (χ2v) is 7.71. The first-order valence-corrected chi connectivity index (χ1v) is 10.6. The molecule has 1 N–H and O–H groups in total. The molecule has 0 amide bonds. The normalized spacial score (nSPS) is 11.3. The van der Waals surface area contributed by atoms with Crippen LogP contribution in [0.25, 0.3) is 10.8 Å². The van der Waals surface area contributed by atoms with E-state index in [1.165, 1.54) is 11.1 Å². The molecule has 0 aliphatic rings. The Hall–Kier alpha value is -4.25. The number of rotatable bonds is 6. The van der Waals surface area contributed by atoms with Crippen LogP contribution in [0.4, 0.5) is 23.0 Å². The molecule has 0 atom stereocenters. The highest BCUT2D eigenvalue weighted by Crippen LogP contribution is 2.36. The third-order valence-corrected chi connectivity index (χ3v) is 5.36. The lowest BCUT2D eigenvalue weighted by atomic mass is 10.1. The number of fused-ring (bicyclic) bond motifs is 1. The molecule has 0 radical (unpaired) electrons. The molecule has 0 aliphatic heterocycles. The summed E-state index contributed by atoms with van der Waals surface area (Å²) in [5.74, 6) is 0.572.